The topological polar surface area (TPSA) is 54.0 Å². The van der Waals surface area contributed by atoms with Crippen LogP contribution in [0.15, 0.2) is 12.4 Å². The van der Waals surface area contributed by atoms with Gasteiger partial charge in [0, 0.05) is 51.9 Å². The lowest BCUT2D eigenvalue weighted by Crippen LogP contribution is -2.49. The predicted molar refractivity (Wildman–Crippen MR) is 101 cm³/mol. The summed E-state index contributed by atoms with van der Waals surface area (Å²) in [6.07, 6.45) is 5.05. The van der Waals surface area contributed by atoms with Gasteiger partial charge in [0.2, 0.25) is 5.88 Å². The number of aromatic nitrogens is 2. The molecule has 0 aromatic carbocycles. The largest absolute Gasteiger partial charge is 0.481 e. The number of hydrogen-bond donors (Lipinski definition) is 0. The fourth-order valence-electron chi connectivity index (χ4n) is 4.64. The SMILES string of the molecule is COc1cc(N2CCCC3(CC(CN4CCN(C)CC4)CO3)C2)ncn1. The van der Waals surface area contributed by atoms with Crippen molar-refractivity contribution < 1.29 is 9.47 Å². The van der Waals surface area contributed by atoms with Crippen molar-refractivity contribution in [2.24, 2.45) is 5.92 Å². The van der Waals surface area contributed by atoms with Crippen LogP contribution in [0.2, 0.25) is 0 Å². The third-order valence-electron chi connectivity index (χ3n) is 6.10. The minimum atomic E-state index is -0.00627. The smallest absolute Gasteiger partial charge is 0.218 e. The van der Waals surface area contributed by atoms with Crippen molar-refractivity contribution in [2.45, 2.75) is 24.9 Å². The molecule has 3 aliphatic rings. The Labute approximate surface area is 156 Å². The second-order valence-electron chi connectivity index (χ2n) is 8.11. The first-order valence-corrected chi connectivity index (χ1v) is 9.82. The summed E-state index contributed by atoms with van der Waals surface area (Å²) in [6, 6.07) is 1.93. The van der Waals surface area contributed by atoms with Crippen molar-refractivity contribution in [3.05, 3.63) is 12.4 Å². The maximum Gasteiger partial charge on any atom is 0.218 e. The van der Waals surface area contributed by atoms with Crippen LogP contribution >= 0.6 is 0 Å². The highest BCUT2D eigenvalue weighted by Crippen LogP contribution is 2.39. The van der Waals surface area contributed by atoms with Gasteiger partial charge in [-0.3, -0.25) is 0 Å². The number of nitrogens with zero attached hydrogens (tertiary/aromatic N) is 5. The monoisotopic (exact) mass is 361 g/mol. The highest BCUT2D eigenvalue weighted by atomic mass is 16.5. The van der Waals surface area contributed by atoms with Crippen molar-refractivity contribution in [3.8, 4) is 5.88 Å². The fraction of sp³-hybridized carbons (Fsp3) is 0.789. The zero-order valence-electron chi connectivity index (χ0n) is 16.1. The summed E-state index contributed by atoms with van der Waals surface area (Å²) in [6.45, 7) is 8.76. The summed E-state index contributed by atoms with van der Waals surface area (Å²) in [4.78, 5) is 15.9. The lowest BCUT2D eigenvalue weighted by Gasteiger charge is -2.40. The average Bonchev–Trinajstić information content (AvgIpc) is 3.05. The van der Waals surface area contributed by atoms with Crippen molar-refractivity contribution in [1.82, 2.24) is 19.8 Å². The average molecular weight is 361 g/mol. The molecule has 3 saturated heterocycles. The summed E-state index contributed by atoms with van der Waals surface area (Å²) in [5.41, 5.74) is -0.00627. The van der Waals surface area contributed by atoms with Crippen LogP contribution in [0.1, 0.15) is 19.3 Å². The van der Waals surface area contributed by atoms with Gasteiger partial charge in [-0.2, -0.15) is 0 Å². The number of ether oxygens (including phenoxy) is 2. The Bertz CT molecular complexity index is 607. The molecular formula is C19H31N5O2. The van der Waals surface area contributed by atoms with Gasteiger partial charge in [0.25, 0.3) is 0 Å². The fourth-order valence-corrected chi connectivity index (χ4v) is 4.64. The Morgan fingerprint density at radius 2 is 2.08 bits per heavy atom. The van der Waals surface area contributed by atoms with Gasteiger partial charge in [-0.25, -0.2) is 9.97 Å². The zero-order chi connectivity index (χ0) is 18.0. The second kappa shape index (κ2) is 7.66. The van der Waals surface area contributed by atoms with E-state index in [2.05, 4.69) is 31.7 Å². The predicted octanol–water partition coefficient (Wildman–Crippen LogP) is 1.11. The lowest BCUT2D eigenvalue weighted by molar-refractivity contribution is -0.00753. The molecule has 0 radical (unpaired) electrons. The van der Waals surface area contributed by atoms with Gasteiger partial charge in [0.05, 0.1) is 19.3 Å². The number of piperazine rings is 1. The van der Waals surface area contributed by atoms with Gasteiger partial charge in [0.1, 0.15) is 12.1 Å². The van der Waals surface area contributed by atoms with Crippen molar-refractivity contribution in [3.63, 3.8) is 0 Å². The first-order valence-electron chi connectivity index (χ1n) is 9.82. The second-order valence-corrected chi connectivity index (χ2v) is 8.11. The summed E-state index contributed by atoms with van der Waals surface area (Å²) in [5, 5.41) is 0. The van der Waals surface area contributed by atoms with Crippen molar-refractivity contribution in [1.29, 1.82) is 0 Å². The summed E-state index contributed by atoms with van der Waals surface area (Å²) in [7, 11) is 3.86. The van der Waals surface area contributed by atoms with E-state index in [9.17, 15) is 0 Å². The van der Waals surface area contributed by atoms with E-state index in [1.165, 1.54) is 32.7 Å². The van der Waals surface area contributed by atoms with E-state index in [1.54, 1.807) is 13.4 Å². The number of anilines is 1. The van der Waals surface area contributed by atoms with Gasteiger partial charge in [0.15, 0.2) is 0 Å². The maximum atomic E-state index is 6.41. The third-order valence-corrected chi connectivity index (χ3v) is 6.10. The number of hydrogen-bond acceptors (Lipinski definition) is 7. The van der Waals surface area contributed by atoms with Gasteiger partial charge in [-0.1, -0.05) is 0 Å². The van der Waals surface area contributed by atoms with Crippen LogP contribution in [0.3, 0.4) is 0 Å². The number of piperidine rings is 1. The minimum absolute atomic E-state index is 0.00627. The molecule has 2 atom stereocenters. The Balaban J connectivity index is 1.36. The van der Waals surface area contributed by atoms with Gasteiger partial charge in [-0.15, -0.1) is 0 Å². The molecule has 0 bridgehead atoms. The molecular weight excluding hydrogens is 330 g/mol. The molecule has 1 spiro atoms. The third kappa shape index (κ3) is 3.94. The number of rotatable bonds is 4. The Hall–Kier alpha value is -1.44. The van der Waals surface area contributed by atoms with Crippen LogP contribution in [0.4, 0.5) is 5.82 Å². The molecule has 1 aromatic rings. The molecule has 0 N–H and O–H groups in total. The molecule has 3 fully saturated rings. The molecule has 0 aliphatic carbocycles. The van der Waals surface area contributed by atoms with Crippen LogP contribution in [-0.2, 0) is 4.74 Å². The number of likely N-dealkylation sites (N-methyl/N-ethyl adjacent to an activating group) is 1. The summed E-state index contributed by atoms with van der Waals surface area (Å²) < 4.78 is 11.7. The summed E-state index contributed by atoms with van der Waals surface area (Å²) >= 11 is 0. The first-order chi connectivity index (χ1) is 12.7. The zero-order valence-corrected chi connectivity index (χ0v) is 16.1. The van der Waals surface area contributed by atoms with E-state index in [4.69, 9.17) is 9.47 Å². The standard InChI is InChI=1S/C19H31N5O2/c1-22-6-8-23(9-7-22)12-16-11-19(26-13-16)4-3-5-24(14-19)17-10-18(25-2)21-15-20-17/h10,15-16H,3-9,11-14H2,1-2H3. The van der Waals surface area contributed by atoms with Crippen LogP contribution in [0.5, 0.6) is 5.88 Å². The molecule has 2 unspecified atom stereocenters. The highest BCUT2D eigenvalue weighted by molar-refractivity contribution is 5.42. The van der Waals surface area contributed by atoms with Gasteiger partial charge >= 0.3 is 0 Å². The van der Waals surface area contributed by atoms with E-state index < -0.39 is 0 Å². The van der Waals surface area contributed by atoms with E-state index in [1.807, 2.05) is 6.07 Å². The van der Waals surface area contributed by atoms with Crippen molar-refractivity contribution in [2.75, 3.05) is 71.5 Å². The molecule has 4 heterocycles. The molecule has 4 rings (SSSR count). The molecule has 0 amide bonds. The van der Waals surface area contributed by atoms with E-state index in [-0.39, 0.29) is 5.60 Å². The van der Waals surface area contributed by atoms with Gasteiger partial charge < -0.3 is 24.2 Å². The highest BCUT2D eigenvalue weighted by Gasteiger charge is 2.44. The molecule has 7 heteroatoms. The van der Waals surface area contributed by atoms with Crippen molar-refractivity contribution >= 4 is 5.82 Å². The van der Waals surface area contributed by atoms with Crippen LogP contribution in [0.25, 0.3) is 0 Å². The first kappa shape index (κ1) is 17.9. The van der Waals surface area contributed by atoms with Crippen LogP contribution in [-0.4, -0.2) is 91.9 Å². The Morgan fingerprint density at radius 1 is 1.23 bits per heavy atom. The number of methoxy groups -OCH3 is 1. The van der Waals surface area contributed by atoms with E-state index >= 15 is 0 Å². The van der Waals surface area contributed by atoms with Crippen LogP contribution in [0, 0.1) is 5.92 Å². The molecule has 0 saturated carbocycles. The van der Waals surface area contributed by atoms with E-state index in [0.29, 0.717) is 11.8 Å². The molecule has 1 aromatic heterocycles. The summed E-state index contributed by atoms with van der Waals surface area (Å²) in [5.74, 6) is 2.22. The maximum absolute atomic E-state index is 6.41. The van der Waals surface area contributed by atoms with E-state index in [0.717, 1.165) is 44.8 Å². The minimum Gasteiger partial charge on any atom is -0.481 e. The molecule has 7 nitrogen and oxygen atoms in total. The molecule has 3 aliphatic heterocycles. The Morgan fingerprint density at radius 3 is 2.88 bits per heavy atom. The van der Waals surface area contributed by atoms with Gasteiger partial charge in [-0.05, 0) is 32.2 Å². The quantitative estimate of drug-likeness (QED) is 0.796. The molecule has 144 valence electrons. The normalized spacial score (nSPS) is 30.8. The molecule has 26 heavy (non-hydrogen) atoms. The van der Waals surface area contributed by atoms with Crippen LogP contribution < -0.4 is 9.64 Å². The Kier molecular flexibility index (Phi) is 5.29. The lowest BCUT2D eigenvalue weighted by atomic mass is 9.86.